The maximum absolute atomic E-state index is 12.3. The third kappa shape index (κ3) is 3.67. The van der Waals surface area contributed by atoms with Crippen LogP contribution in [0.25, 0.3) is 0 Å². The van der Waals surface area contributed by atoms with Crippen molar-refractivity contribution in [2.45, 2.75) is 70.4 Å². The molecule has 1 aliphatic heterocycles. The number of halogens is 1. The molecule has 0 aromatic heterocycles. The van der Waals surface area contributed by atoms with Gasteiger partial charge in [0.15, 0.2) is 0 Å². The molecule has 0 aromatic rings. The van der Waals surface area contributed by atoms with Gasteiger partial charge < -0.3 is 10.6 Å². The maximum Gasteiger partial charge on any atom is 0.223 e. The second kappa shape index (κ2) is 7.13. The van der Waals surface area contributed by atoms with Gasteiger partial charge in [-0.05, 0) is 44.6 Å². The fourth-order valence-corrected chi connectivity index (χ4v) is 4.13. The zero-order chi connectivity index (χ0) is 13.2. The molecule has 3 rings (SSSR count). The predicted molar refractivity (Wildman–Crippen MR) is 84.0 cm³/mol. The summed E-state index contributed by atoms with van der Waals surface area (Å²) in [5, 5.41) is 6.75. The number of amides is 1. The third-order valence-electron chi connectivity index (χ3n) is 5.52. The van der Waals surface area contributed by atoms with Gasteiger partial charge in [-0.3, -0.25) is 4.79 Å². The highest BCUT2D eigenvalue weighted by molar-refractivity contribution is 5.85. The van der Waals surface area contributed by atoms with Gasteiger partial charge in [-0.25, -0.2) is 0 Å². The van der Waals surface area contributed by atoms with Gasteiger partial charge in [0, 0.05) is 18.0 Å². The molecular weight excluding hydrogens is 272 g/mol. The summed E-state index contributed by atoms with van der Waals surface area (Å²) >= 11 is 0. The van der Waals surface area contributed by atoms with Crippen LogP contribution in [0.1, 0.15) is 58.3 Å². The lowest BCUT2D eigenvalue weighted by Crippen LogP contribution is -2.52. The molecule has 0 aromatic carbocycles. The predicted octanol–water partition coefficient (Wildman–Crippen LogP) is 2.88. The Balaban J connectivity index is 0.00000147. The van der Waals surface area contributed by atoms with E-state index in [0.717, 1.165) is 25.3 Å². The van der Waals surface area contributed by atoms with Crippen molar-refractivity contribution >= 4 is 18.3 Å². The molecule has 4 heteroatoms. The van der Waals surface area contributed by atoms with E-state index < -0.39 is 0 Å². The van der Waals surface area contributed by atoms with E-state index in [1.807, 2.05) is 0 Å². The summed E-state index contributed by atoms with van der Waals surface area (Å²) in [4.78, 5) is 12.3. The van der Waals surface area contributed by atoms with Crippen LogP contribution in [0.4, 0.5) is 0 Å². The van der Waals surface area contributed by atoms with E-state index in [9.17, 15) is 4.79 Å². The second-order valence-corrected chi connectivity index (χ2v) is 6.90. The van der Waals surface area contributed by atoms with E-state index >= 15 is 0 Å². The van der Waals surface area contributed by atoms with E-state index in [-0.39, 0.29) is 12.4 Å². The molecule has 20 heavy (non-hydrogen) atoms. The molecule has 4 unspecified atom stereocenters. The molecule has 0 bridgehead atoms. The maximum atomic E-state index is 12.3. The first kappa shape index (κ1) is 16.1. The molecule has 3 fully saturated rings. The zero-order valence-electron chi connectivity index (χ0n) is 12.6. The van der Waals surface area contributed by atoms with Crippen molar-refractivity contribution in [3.8, 4) is 0 Å². The first-order valence-corrected chi connectivity index (χ1v) is 8.29. The third-order valence-corrected chi connectivity index (χ3v) is 5.52. The van der Waals surface area contributed by atoms with Gasteiger partial charge in [0.25, 0.3) is 0 Å². The highest BCUT2D eigenvalue weighted by Gasteiger charge is 2.47. The number of hydrogen-bond acceptors (Lipinski definition) is 2. The first-order valence-electron chi connectivity index (χ1n) is 8.29. The SMILES string of the molecule is CC1NCCCC1NC(=O)C1CC1C1CCCCC1.Cl. The number of carbonyl (C=O) groups excluding carboxylic acids is 1. The molecule has 1 heterocycles. The average Bonchev–Trinajstić information content (AvgIpc) is 3.23. The van der Waals surface area contributed by atoms with Crippen LogP contribution in [0.5, 0.6) is 0 Å². The number of hydrogen-bond donors (Lipinski definition) is 2. The fraction of sp³-hybridized carbons (Fsp3) is 0.938. The fourth-order valence-electron chi connectivity index (χ4n) is 4.13. The highest BCUT2D eigenvalue weighted by atomic mass is 35.5. The van der Waals surface area contributed by atoms with Crippen LogP contribution in [-0.4, -0.2) is 24.5 Å². The molecule has 3 nitrogen and oxygen atoms in total. The van der Waals surface area contributed by atoms with Crippen molar-refractivity contribution in [2.75, 3.05) is 6.54 Å². The second-order valence-electron chi connectivity index (χ2n) is 6.90. The van der Waals surface area contributed by atoms with E-state index in [1.54, 1.807) is 0 Å². The molecule has 0 spiro atoms. The van der Waals surface area contributed by atoms with Crippen molar-refractivity contribution in [3.63, 3.8) is 0 Å². The molecule has 2 saturated carbocycles. The molecular formula is C16H29ClN2O. The van der Waals surface area contributed by atoms with E-state index in [1.165, 1.54) is 38.5 Å². The summed E-state index contributed by atoms with van der Waals surface area (Å²) in [7, 11) is 0. The molecule has 3 aliphatic rings. The minimum Gasteiger partial charge on any atom is -0.352 e. The number of piperidine rings is 1. The largest absolute Gasteiger partial charge is 0.352 e. The molecule has 0 radical (unpaired) electrons. The molecule has 2 aliphatic carbocycles. The van der Waals surface area contributed by atoms with Gasteiger partial charge in [-0.2, -0.15) is 0 Å². The van der Waals surface area contributed by atoms with Gasteiger partial charge in [-0.15, -0.1) is 12.4 Å². The van der Waals surface area contributed by atoms with Crippen molar-refractivity contribution < 1.29 is 4.79 Å². The first-order chi connectivity index (χ1) is 9.25. The topological polar surface area (TPSA) is 41.1 Å². The Morgan fingerprint density at radius 3 is 2.55 bits per heavy atom. The molecule has 2 N–H and O–H groups in total. The Labute approximate surface area is 129 Å². The van der Waals surface area contributed by atoms with Crippen LogP contribution in [0, 0.1) is 17.8 Å². The van der Waals surface area contributed by atoms with Crippen molar-refractivity contribution in [1.29, 1.82) is 0 Å². The molecule has 1 saturated heterocycles. The van der Waals surface area contributed by atoms with E-state index in [4.69, 9.17) is 0 Å². The van der Waals surface area contributed by atoms with Crippen LogP contribution < -0.4 is 10.6 Å². The van der Waals surface area contributed by atoms with E-state index in [2.05, 4.69) is 17.6 Å². The lowest BCUT2D eigenvalue weighted by molar-refractivity contribution is -0.123. The van der Waals surface area contributed by atoms with E-state index in [0.29, 0.717) is 29.8 Å². The Hall–Kier alpha value is -0.280. The molecule has 1 amide bonds. The molecule has 4 atom stereocenters. The molecule has 116 valence electrons. The Bertz CT molecular complexity index is 330. The lowest BCUT2D eigenvalue weighted by Gasteiger charge is -2.31. The number of nitrogens with one attached hydrogen (secondary N) is 2. The minimum absolute atomic E-state index is 0. The number of carbonyl (C=O) groups is 1. The van der Waals surface area contributed by atoms with Crippen LogP contribution in [0.15, 0.2) is 0 Å². The average molecular weight is 301 g/mol. The lowest BCUT2D eigenvalue weighted by atomic mass is 9.85. The van der Waals surface area contributed by atoms with Crippen LogP contribution in [-0.2, 0) is 4.79 Å². The van der Waals surface area contributed by atoms with Crippen molar-refractivity contribution in [3.05, 3.63) is 0 Å². The van der Waals surface area contributed by atoms with Gasteiger partial charge in [0.05, 0.1) is 0 Å². The van der Waals surface area contributed by atoms with Crippen LogP contribution in [0.3, 0.4) is 0 Å². The Morgan fingerprint density at radius 2 is 1.85 bits per heavy atom. The summed E-state index contributed by atoms with van der Waals surface area (Å²) in [6.45, 7) is 3.29. The summed E-state index contributed by atoms with van der Waals surface area (Å²) in [5.41, 5.74) is 0. The van der Waals surface area contributed by atoms with Gasteiger partial charge >= 0.3 is 0 Å². The summed E-state index contributed by atoms with van der Waals surface area (Å²) in [6.07, 6.45) is 10.4. The smallest absolute Gasteiger partial charge is 0.223 e. The normalized spacial score (nSPS) is 37.9. The van der Waals surface area contributed by atoms with Gasteiger partial charge in [0.1, 0.15) is 0 Å². The monoisotopic (exact) mass is 300 g/mol. The summed E-state index contributed by atoms with van der Waals surface area (Å²) < 4.78 is 0. The van der Waals surface area contributed by atoms with Crippen LogP contribution in [0.2, 0.25) is 0 Å². The standard InChI is InChI=1S/C16H28N2O.ClH/c1-11-15(8-5-9-17-11)18-16(19)14-10-13(14)12-6-3-2-4-7-12;/h11-15,17H,2-10H2,1H3,(H,18,19);1H. The van der Waals surface area contributed by atoms with Gasteiger partial charge in [0.2, 0.25) is 5.91 Å². The summed E-state index contributed by atoms with van der Waals surface area (Å²) in [6, 6.07) is 0.790. The highest BCUT2D eigenvalue weighted by Crippen LogP contribution is 2.49. The van der Waals surface area contributed by atoms with Crippen molar-refractivity contribution in [1.82, 2.24) is 10.6 Å². The van der Waals surface area contributed by atoms with Gasteiger partial charge in [-0.1, -0.05) is 32.1 Å². The van der Waals surface area contributed by atoms with Crippen LogP contribution >= 0.6 is 12.4 Å². The quantitative estimate of drug-likeness (QED) is 0.841. The Kier molecular flexibility index (Phi) is 5.74. The zero-order valence-corrected chi connectivity index (χ0v) is 13.4. The summed E-state index contributed by atoms with van der Waals surface area (Å²) in [5.74, 6) is 2.26. The van der Waals surface area contributed by atoms with Crippen molar-refractivity contribution in [2.24, 2.45) is 17.8 Å². The number of rotatable bonds is 3. The minimum atomic E-state index is 0. The Morgan fingerprint density at radius 1 is 1.10 bits per heavy atom.